The number of thiocarbonyl (C=S) groups is 1. The Hall–Kier alpha value is -1.88. The van der Waals surface area contributed by atoms with Crippen LogP contribution in [0.2, 0.25) is 0 Å². The maximum Gasteiger partial charge on any atom is 0.251 e. The smallest absolute Gasteiger partial charge is 0.251 e. The molecule has 0 spiro atoms. The van der Waals surface area contributed by atoms with Gasteiger partial charge in [-0.2, -0.15) is 0 Å². The lowest BCUT2D eigenvalue weighted by atomic mass is 10.1. The van der Waals surface area contributed by atoms with Crippen molar-refractivity contribution >= 4 is 29.2 Å². The van der Waals surface area contributed by atoms with Gasteiger partial charge in [-0.3, -0.25) is 4.79 Å². The molecule has 4 nitrogen and oxygen atoms in total. The highest BCUT2D eigenvalue weighted by Crippen LogP contribution is 2.18. The van der Waals surface area contributed by atoms with Gasteiger partial charge in [0.05, 0.1) is 5.57 Å². The van der Waals surface area contributed by atoms with Crippen molar-refractivity contribution in [2.24, 2.45) is 11.5 Å². The van der Waals surface area contributed by atoms with E-state index in [1.807, 2.05) is 0 Å². The molecule has 1 aromatic rings. The highest BCUT2D eigenvalue weighted by atomic mass is 32.1. The normalized spacial score (nSPS) is 11.1. The summed E-state index contributed by atoms with van der Waals surface area (Å²) in [6.07, 6.45) is 1.36. The van der Waals surface area contributed by atoms with Crippen LogP contribution in [-0.4, -0.2) is 16.0 Å². The number of hydrogen-bond donors (Lipinski definition) is 3. The summed E-state index contributed by atoms with van der Waals surface area (Å²) in [6.45, 7) is 0. The molecule has 15 heavy (non-hydrogen) atoms. The van der Waals surface area contributed by atoms with E-state index >= 15 is 0 Å². The number of phenols is 1. The zero-order valence-corrected chi connectivity index (χ0v) is 8.62. The topological polar surface area (TPSA) is 89.3 Å². The number of aromatic hydroxyl groups is 1. The third kappa shape index (κ3) is 2.78. The second-order valence-corrected chi connectivity index (χ2v) is 3.29. The fourth-order valence-corrected chi connectivity index (χ4v) is 1.19. The molecule has 0 atom stereocenters. The Kier molecular flexibility index (Phi) is 3.41. The predicted octanol–water partition coefficient (Wildman–Crippen LogP) is 0.547. The van der Waals surface area contributed by atoms with E-state index in [9.17, 15) is 9.90 Å². The van der Waals surface area contributed by atoms with Gasteiger partial charge in [-0.25, -0.2) is 0 Å². The first-order valence-corrected chi connectivity index (χ1v) is 4.52. The van der Waals surface area contributed by atoms with Crippen LogP contribution in [0.3, 0.4) is 0 Å². The predicted molar refractivity (Wildman–Crippen MR) is 62.1 cm³/mol. The monoisotopic (exact) mass is 222 g/mol. The van der Waals surface area contributed by atoms with E-state index in [1.165, 1.54) is 12.1 Å². The minimum atomic E-state index is -0.717. The van der Waals surface area contributed by atoms with E-state index in [0.717, 1.165) is 0 Å². The van der Waals surface area contributed by atoms with Crippen LogP contribution in [0.5, 0.6) is 5.75 Å². The third-order valence-electron chi connectivity index (χ3n) is 1.77. The SMILES string of the molecule is NC(=O)/C(=C/c1ccccc1O)C(N)=S. The average molecular weight is 222 g/mol. The first-order valence-electron chi connectivity index (χ1n) is 4.11. The lowest BCUT2D eigenvalue weighted by Gasteiger charge is -2.02. The molecule has 1 amide bonds. The number of para-hydroxylation sites is 1. The number of rotatable bonds is 3. The number of benzene rings is 1. The molecule has 0 fully saturated rings. The Balaban J connectivity index is 3.19. The van der Waals surface area contributed by atoms with E-state index in [0.29, 0.717) is 5.56 Å². The highest BCUT2D eigenvalue weighted by Gasteiger charge is 2.09. The first kappa shape index (κ1) is 11.2. The van der Waals surface area contributed by atoms with E-state index in [-0.39, 0.29) is 16.3 Å². The Morgan fingerprint density at radius 2 is 1.93 bits per heavy atom. The maximum atomic E-state index is 11.0. The number of nitrogens with two attached hydrogens (primary N) is 2. The molecule has 0 aliphatic heterocycles. The summed E-state index contributed by atoms with van der Waals surface area (Å²) in [5.41, 5.74) is 10.9. The van der Waals surface area contributed by atoms with E-state index in [1.54, 1.807) is 18.2 Å². The number of carbonyl (C=O) groups is 1. The van der Waals surface area contributed by atoms with Crippen molar-refractivity contribution in [3.63, 3.8) is 0 Å². The van der Waals surface area contributed by atoms with Crippen LogP contribution in [0.4, 0.5) is 0 Å². The van der Waals surface area contributed by atoms with Gasteiger partial charge < -0.3 is 16.6 Å². The minimum absolute atomic E-state index is 0.0199. The van der Waals surface area contributed by atoms with Crippen LogP contribution in [-0.2, 0) is 4.79 Å². The van der Waals surface area contributed by atoms with E-state index < -0.39 is 5.91 Å². The van der Waals surface area contributed by atoms with Crippen molar-refractivity contribution in [3.8, 4) is 5.75 Å². The number of carbonyl (C=O) groups excluding carboxylic acids is 1. The van der Waals surface area contributed by atoms with E-state index in [2.05, 4.69) is 12.2 Å². The van der Waals surface area contributed by atoms with Crippen LogP contribution in [0, 0.1) is 0 Å². The molecule has 0 aromatic heterocycles. The lowest BCUT2D eigenvalue weighted by Crippen LogP contribution is -2.24. The van der Waals surface area contributed by atoms with Crippen LogP contribution in [0.15, 0.2) is 29.8 Å². The summed E-state index contributed by atoms with van der Waals surface area (Å²) < 4.78 is 0. The number of hydrogen-bond acceptors (Lipinski definition) is 3. The molecule has 0 saturated carbocycles. The second-order valence-electron chi connectivity index (χ2n) is 2.85. The van der Waals surface area contributed by atoms with Crippen molar-refractivity contribution < 1.29 is 9.90 Å². The Labute approximate surface area is 92.2 Å². The summed E-state index contributed by atoms with van der Waals surface area (Å²) in [5, 5.41) is 9.44. The minimum Gasteiger partial charge on any atom is -0.507 e. The van der Waals surface area contributed by atoms with Gasteiger partial charge in [0.2, 0.25) is 0 Å². The molecule has 0 unspecified atom stereocenters. The van der Waals surface area contributed by atoms with Gasteiger partial charge in [0.15, 0.2) is 0 Å². The second kappa shape index (κ2) is 4.56. The van der Waals surface area contributed by atoms with Gasteiger partial charge in [0, 0.05) is 5.56 Å². The van der Waals surface area contributed by atoms with Crippen molar-refractivity contribution in [1.82, 2.24) is 0 Å². The molecule has 1 aromatic carbocycles. The fraction of sp³-hybridized carbons (Fsp3) is 0. The molecule has 0 aliphatic carbocycles. The fourth-order valence-electron chi connectivity index (χ4n) is 1.03. The first-order chi connectivity index (χ1) is 7.02. The molecule has 5 heteroatoms. The molecule has 0 aliphatic rings. The zero-order valence-electron chi connectivity index (χ0n) is 7.81. The molecular weight excluding hydrogens is 212 g/mol. The molecule has 78 valence electrons. The van der Waals surface area contributed by atoms with Crippen molar-refractivity contribution in [3.05, 3.63) is 35.4 Å². The van der Waals surface area contributed by atoms with Gasteiger partial charge in [0.1, 0.15) is 10.7 Å². The molecule has 5 N–H and O–H groups in total. The average Bonchev–Trinajstić information content (AvgIpc) is 2.15. The summed E-state index contributed by atoms with van der Waals surface area (Å²) >= 11 is 4.66. The standard InChI is InChI=1S/C10H10N2O2S/c11-9(14)7(10(12)15)5-6-3-1-2-4-8(6)13/h1-5,13H,(H2,11,14)(H2,12,15)/b7-5-. The van der Waals surface area contributed by atoms with Gasteiger partial charge in [-0.15, -0.1) is 0 Å². The zero-order chi connectivity index (χ0) is 11.4. The molecule has 0 bridgehead atoms. The maximum absolute atomic E-state index is 11.0. The summed E-state index contributed by atoms with van der Waals surface area (Å²) in [7, 11) is 0. The molecule has 0 radical (unpaired) electrons. The molecule has 1 rings (SSSR count). The lowest BCUT2D eigenvalue weighted by molar-refractivity contribution is -0.114. The molecule has 0 saturated heterocycles. The van der Waals surface area contributed by atoms with Crippen molar-refractivity contribution in [1.29, 1.82) is 0 Å². The number of phenolic OH excluding ortho intramolecular Hbond substituents is 1. The third-order valence-corrected chi connectivity index (χ3v) is 1.99. The largest absolute Gasteiger partial charge is 0.507 e. The molecule has 0 heterocycles. The number of amides is 1. The van der Waals surface area contributed by atoms with Crippen molar-refractivity contribution in [2.45, 2.75) is 0 Å². The Morgan fingerprint density at radius 1 is 1.33 bits per heavy atom. The van der Waals surface area contributed by atoms with Gasteiger partial charge >= 0.3 is 0 Å². The molecular formula is C10H10N2O2S. The number of primary amides is 1. The van der Waals surface area contributed by atoms with Crippen LogP contribution in [0.25, 0.3) is 6.08 Å². The summed E-state index contributed by atoms with van der Waals surface area (Å²) in [4.78, 5) is 10.9. The van der Waals surface area contributed by atoms with Gasteiger partial charge in [-0.05, 0) is 12.1 Å². The Morgan fingerprint density at radius 3 is 2.40 bits per heavy atom. The van der Waals surface area contributed by atoms with Gasteiger partial charge in [0.25, 0.3) is 5.91 Å². The highest BCUT2D eigenvalue weighted by molar-refractivity contribution is 7.80. The quantitative estimate of drug-likeness (QED) is 0.514. The van der Waals surface area contributed by atoms with Crippen LogP contribution >= 0.6 is 12.2 Å². The van der Waals surface area contributed by atoms with Crippen LogP contribution in [0.1, 0.15) is 5.56 Å². The summed E-state index contributed by atoms with van der Waals surface area (Å²) in [5.74, 6) is -0.682. The van der Waals surface area contributed by atoms with Crippen molar-refractivity contribution in [2.75, 3.05) is 0 Å². The van der Waals surface area contributed by atoms with Crippen LogP contribution < -0.4 is 11.5 Å². The van der Waals surface area contributed by atoms with Gasteiger partial charge in [-0.1, -0.05) is 30.4 Å². The van der Waals surface area contributed by atoms with E-state index in [4.69, 9.17) is 11.5 Å². The Bertz CT molecular complexity index is 425. The summed E-state index contributed by atoms with van der Waals surface area (Å²) in [6, 6.07) is 6.49.